The van der Waals surface area contributed by atoms with Crippen LogP contribution in [0.25, 0.3) is 0 Å². The molecule has 1 N–H and O–H groups in total. The summed E-state index contributed by atoms with van der Waals surface area (Å²) in [5.74, 6) is -2.21. The molecule has 0 fully saturated rings. The molecule has 0 aromatic heterocycles. The molecule has 0 bridgehead atoms. The number of carbonyl (C=O) groups excluding carboxylic acids is 1. The monoisotopic (exact) mass is 232 g/mol. The van der Waals surface area contributed by atoms with Gasteiger partial charge in [0.1, 0.15) is 0 Å². The summed E-state index contributed by atoms with van der Waals surface area (Å²) in [5.41, 5.74) is 0.115. The van der Waals surface area contributed by atoms with Gasteiger partial charge in [-0.05, 0) is 13.8 Å². The van der Waals surface area contributed by atoms with Crippen LogP contribution in [0.15, 0.2) is 11.6 Å². The van der Waals surface area contributed by atoms with Crippen molar-refractivity contribution in [2.45, 2.75) is 26.1 Å². The quantitative estimate of drug-likeness (QED) is 0.519. The highest BCUT2D eigenvalue weighted by Gasteiger charge is 2.45. The highest BCUT2D eigenvalue weighted by Crippen LogP contribution is 2.31. The Labute approximate surface area is 93.7 Å². The summed E-state index contributed by atoms with van der Waals surface area (Å²) in [7, 11) is 1.36. The molecule has 1 unspecified atom stereocenters. The van der Waals surface area contributed by atoms with Gasteiger partial charge in [0.25, 0.3) is 0 Å². The van der Waals surface area contributed by atoms with Gasteiger partial charge in [0, 0.05) is 26.4 Å². The first-order chi connectivity index (χ1) is 7.59. The number of aliphatic hydroxyl groups is 1. The predicted molar refractivity (Wildman–Crippen MR) is 53.2 cm³/mol. The van der Waals surface area contributed by atoms with Crippen LogP contribution in [0.1, 0.15) is 13.8 Å². The lowest BCUT2D eigenvalue weighted by Crippen LogP contribution is -2.43. The van der Waals surface area contributed by atoms with E-state index in [1.54, 1.807) is 13.8 Å². The van der Waals surface area contributed by atoms with Gasteiger partial charge in [-0.25, -0.2) is 4.79 Å². The SMILES string of the molecule is CCOC(OC)(OCC)C1=CC(=O)OC1O. The Morgan fingerprint density at radius 3 is 2.31 bits per heavy atom. The molecule has 1 heterocycles. The zero-order valence-electron chi connectivity index (χ0n) is 9.56. The summed E-state index contributed by atoms with van der Waals surface area (Å²) in [4.78, 5) is 11.0. The highest BCUT2D eigenvalue weighted by molar-refractivity contribution is 5.85. The molecule has 1 atom stereocenters. The number of aliphatic hydroxyl groups excluding tert-OH is 1. The first-order valence-corrected chi connectivity index (χ1v) is 5.03. The van der Waals surface area contributed by atoms with Crippen LogP contribution < -0.4 is 0 Å². The Kier molecular flexibility index (Phi) is 4.43. The van der Waals surface area contributed by atoms with E-state index in [9.17, 15) is 9.90 Å². The number of carbonyl (C=O) groups is 1. The standard InChI is InChI=1S/C10H16O6/c1-4-14-10(13-3,15-5-2)7-6-8(11)16-9(7)12/h6,9,12H,4-5H2,1-3H3. The van der Waals surface area contributed by atoms with Crippen molar-refractivity contribution in [2.75, 3.05) is 20.3 Å². The Bertz CT molecular complexity index is 279. The maximum Gasteiger partial charge on any atom is 0.333 e. The van der Waals surface area contributed by atoms with E-state index >= 15 is 0 Å². The molecule has 1 aliphatic heterocycles. The summed E-state index contributed by atoms with van der Waals surface area (Å²) in [5, 5.41) is 9.53. The summed E-state index contributed by atoms with van der Waals surface area (Å²) >= 11 is 0. The van der Waals surface area contributed by atoms with Crippen molar-refractivity contribution >= 4 is 5.97 Å². The first kappa shape index (κ1) is 13.1. The molecule has 16 heavy (non-hydrogen) atoms. The van der Waals surface area contributed by atoms with Crippen LogP contribution in [0, 0.1) is 0 Å². The van der Waals surface area contributed by atoms with Crippen molar-refractivity contribution in [1.29, 1.82) is 0 Å². The smallest absolute Gasteiger partial charge is 0.333 e. The van der Waals surface area contributed by atoms with E-state index in [0.717, 1.165) is 6.08 Å². The molecule has 6 nitrogen and oxygen atoms in total. The zero-order chi connectivity index (χ0) is 12.2. The number of methoxy groups -OCH3 is 1. The van der Waals surface area contributed by atoms with E-state index in [1.807, 2.05) is 0 Å². The number of ether oxygens (including phenoxy) is 4. The Morgan fingerprint density at radius 2 is 2.00 bits per heavy atom. The van der Waals surface area contributed by atoms with Crippen LogP contribution in [0.5, 0.6) is 0 Å². The largest absolute Gasteiger partial charge is 0.428 e. The van der Waals surface area contributed by atoms with Gasteiger partial charge in [-0.15, -0.1) is 0 Å². The molecule has 0 aromatic carbocycles. The Morgan fingerprint density at radius 1 is 1.44 bits per heavy atom. The third kappa shape index (κ3) is 2.41. The van der Waals surface area contributed by atoms with Gasteiger partial charge >= 0.3 is 11.9 Å². The van der Waals surface area contributed by atoms with Gasteiger partial charge in [-0.2, -0.15) is 0 Å². The van der Waals surface area contributed by atoms with Gasteiger partial charge in [0.05, 0.1) is 5.57 Å². The van der Waals surface area contributed by atoms with Crippen LogP contribution in [0.3, 0.4) is 0 Å². The zero-order valence-corrected chi connectivity index (χ0v) is 9.56. The van der Waals surface area contributed by atoms with Crippen molar-refractivity contribution in [3.8, 4) is 0 Å². The van der Waals surface area contributed by atoms with Gasteiger partial charge in [-0.3, -0.25) is 0 Å². The van der Waals surface area contributed by atoms with Gasteiger partial charge in [-0.1, -0.05) is 0 Å². The lowest BCUT2D eigenvalue weighted by molar-refractivity contribution is -0.351. The second kappa shape index (κ2) is 5.40. The topological polar surface area (TPSA) is 74.2 Å². The van der Waals surface area contributed by atoms with Crippen molar-refractivity contribution in [1.82, 2.24) is 0 Å². The van der Waals surface area contributed by atoms with Crippen molar-refractivity contribution < 1.29 is 28.8 Å². The summed E-state index contributed by atoms with van der Waals surface area (Å²) < 4.78 is 20.3. The van der Waals surface area contributed by atoms with Crippen molar-refractivity contribution in [2.24, 2.45) is 0 Å². The number of rotatable bonds is 6. The van der Waals surface area contributed by atoms with Crippen molar-refractivity contribution in [3.63, 3.8) is 0 Å². The molecular formula is C10H16O6. The highest BCUT2D eigenvalue weighted by atomic mass is 16.9. The molecule has 0 spiro atoms. The average Bonchev–Trinajstić information content (AvgIpc) is 2.58. The predicted octanol–water partition coefficient (Wildman–Crippen LogP) is 0.161. The van der Waals surface area contributed by atoms with E-state index in [4.69, 9.17) is 14.2 Å². The van der Waals surface area contributed by atoms with E-state index in [2.05, 4.69) is 4.74 Å². The molecule has 6 heteroatoms. The fourth-order valence-electron chi connectivity index (χ4n) is 1.47. The lowest BCUT2D eigenvalue weighted by Gasteiger charge is -2.32. The minimum Gasteiger partial charge on any atom is -0.428 e. The maximum absolute atomic E-state index is 11.0. The Hall–Kier alpha value is -0.950. The molecule has 0 saturated heterocycles. The van der Waals surface area contributed by atoms with Gasteiger partial charge in [0.2, 0.25) is 6.29 Å². The molecule has 0 aromatic rings. The van der Waals surface area contributed by atoms with Crippen LogP contribution in [-0.4, -0.2) is 43.7 Å². The molecule has 1 rings (SSSR count). The molecule has 0 aliphatic carbocycles. The fourth-order valence-corrected chi connectivity index (χ4v) is 1.47. The third-order valence-electron chi connectivity index (χ3n) is 2.06. The van der Waals surface area contributed by atoms with Crippen LogP contribution in [0.4, 0.5) is 0 Å². The molecule has 0 saturated carbocycles. The molecule has 0 amide bonds. The summed E-state index contributed by atoms with van der Waals surface area (Å²) in [6, 6.07) is 0. The molecule has 0 radical (unpaired) electrons. The van der Waals surface area contributed by atoms with E-state index in [0.29, 0.717) is 13.2 Å². The van der Waals surface area contributed by atoms with Gasteiger partial charge < -0.3 is 24.1 Å². The summed E-state index contributed by atoms with van der Waals surface area (Å²) in [6.45, 7) is 4.09. The minimum atomic E-state index is -1.56. The second-order valence-electron chi connectivity index (χ2n) is 3.02. The number of hydrogen-bond acceptors (Lipinski definition) is 6. The maximum atomic E-state index is 11.0. The van der Waals surface area contributed by atoms with Gasteiger partial charge in [0.15, 0.2) is 0 Å². The molecular weight excluding hydrogens is 216 g/mol. The summed E-state index contributed by atoms with van der Waals surface area (Å²) in [6.07, 6.45) is -0.287. The minimum absolute atomic E-state index is 0.115. The van der Waals surface area contributed by atoms with Crippen LogP contribution >= 0.6 is 0 Å². The van der Waals surface area contributed by atoms with E-state index in [-0.39, 0.29) is 5.57 Å². The number of esters is 1. The Balaban J connectivity index is 2.99. The van der Waals surface area contributed by atoms with Crippen LogP contribution in [0.2, 0.25) is 0 Å². The average molecular weight is 232 g/mol. The second-order valence-corrected chi connectivity index (χ2v) is 3.02. The normalized spacial score (nSPS) is 20.9. The lowest BCUT2D eigenvalue weighted by atomic mass is 10.2. The number of hydrogen-bond donors (Lipinski definition) is 1. The molecule has 1 aliphatic rings. The third-order valence-corrected chi connectivity index (χ3v) is 2.06. The van der Waals surface area contributed by atoms with Crippen LogP contribution in [-0.2, 0) is 23.7 Å². The van der Waals surface area contributed by atoms with E-state index < -0.39 is 18.2 Å². The first-order valence-electron chi connectivity index (χ1n) is 5.03. The fraction of sp³-hybridized carbons (Fsp3) is 0.700. The van der Waals surface area contributed by atoms with E-state index in [1.165, 1.54) is 7.11 Å². The molecule has 92 valence electrons. The van der Waals surface area contributed by atoms with Crippen molar-refractivity contribution in [3.05, 3.63) is 11.6 Å². The number of cyclic esters (lactones) is 1.